The molecule has 0 amide bonds. The van der Waals surface area contributed by atoms with E-state index in [1.165, 1.54) is 101 Å². The lowest BCUT2D eigenvalue weighted by atomic mass is 9.72. The predicted molar refractivity (Wildman–Crippen MR) is 574 cm³/mol. The number of hydrogen-bond acceptors (Lipinski definition) is 7. The quantitative estimate of drug-likeness (QED) is 0.114. The van der Waals surface area contributed by atoms with Crippen molar-refractivity contribution in [3.8, 4) is 78.7 Å². The van der Waals surface area contributed by atoms with Crippen LogP contribution in [0.5, 0.6) is 0 Å². The molecule has 0 atom stereocenters. The maximum Gasteiger partial charge on any atom is 0.101 e. The Bertz CT molecular complexity index is 7780. The van der Waals surface area contributed by atoms with Crippen molar-refractivity contribution in [3.63, 3.8) is 0 Å². The highest BCUT2D eigenvalue weighted by atomic mass is 15.3. The highest BCUT2D eigenvalue weighted by Crippen LogP contribution is 2.62. The number of aromatic nitrogens is 4. The van der Waals surface area contributed by atoms with Crippen LogP contribution >= 0.6 is 0 Å². The SMILES string of the molecule is CC1(C)c2ccccc2N(c2ccc3c(c2)C(C)(C)c2cc(N4c5ccccc5C(C)(C)c5ccccc54)ccc2N3c2ccc(-c3c(-c4ccccc4)nn(-c4ccccc4)c3-c3ccccc3)cc2)c2ccccc21.CC1(C)c2ccccc2N(c2ccc3c(c2)C(C)(C)c2ccccc2N3c2ccc(-c3c(-c4ccccc4)nn(-c4ccccc4)c3-c3ccccc3)cc2)c2ccccc21. The Morgan fingerprint density at radius 2 is 0.341 bits per heavy atom. The van der Waals surface area contributed by atoms with Crippen LogP contribution in [0.3, 0.4) is 0 Å². The second-order valence-corrected chi connectivity index (χ2v) is 39.7. The van der Waals surface area contributed by atoms with Gasteiger partial charge in [0, 0.05) is 88.9 Å². The highest BCUT2D eigenvalue weighted by Gasteiger charge is 2.46. The van der Waals surface area contributed by atoms with Crippen LogP contribution in [0.4, 0.5) is 85.3 Å². The molecule has 138 heavy (non-hydrogen) atoms. The lowest BCUT2D eigenvalue weighted by Gasteiger charge is -2.45. The van der Waals surface area contributed by atoms with E-state index >= 15 is 0 Å². The topological polar surface area (TPSA) is 51.8 Å². The Balaban J connectivity index is 0.000000154. The molecule has 20 aromatic rings. The minimum atomic E-state index is -0.420. The molecule has 0 saturated heterocycles. The van der Waals surface area contributed by atoms with Gasteiger partial charge in [-0.3, -0.25) is 0 Å². The average Bonchev–Trinajstić information content (AvgIpc) is 0.956. The zero-order valence-corrected chi connectivity index (χ0v) is 79.3. The van der Waals surface area contributed by atoms with Crippen molar-refractivity contribution in [3.05, 3.63) is 511 Å². The summed E-state index contributed by atoms with van der Waals surface area (Å²) in [7, 11) is 0. The van der Waals surface area contributed by atoms with Crippen LogP contribution in [0, 0.1) is 0 Å². The molecule has 5 aliphatic rings. The number of para-hydroxylation sites is 9. The van der Waals surface area contributed by atoms with E-state index in [9.17, 15) is 0 Å². The zero-order valence-electron chi connectivity index (χ0n) is 79.3. The molecule has 0 spiro atoms. The van der Waals surface area contributed by atoms with E-state index in [1.54, 1.807) is 0 Å². The molecule has 0 N–H and O–H groups in total. The number of benzene rings is 18. The molecule has 0 saturated carbocycles. The fourth-order valence-corrected chi connectivity index (χ4v) is 23.0. The molecule has 9 nitrogen and oxygen atoms in total. The van der Waals surface area contributed by atoms with Gasteiger partial charge in [0.25, 0.3) is 0 Å². The van der Waals surface area contributed by atoms with Crippen LogP contribution in [-0.2, 0) is 27.1 Å². The normalized spacial score (nSPS) is 14.8. The van der Waals surface area contributed by atoms with Crippen LogP contribution < -0.4 is 24.5 Å². The highest BCUT2D eigenvalue weighted by molar-refractivity contribution is 6.00. The number of fused-ring (bicyclic) bond motifs is 10. The minimum absolute atomic E-state index is 0.122. The van der Waals surface area contributed by atoms with Gasteiger partial charge in [0.15, 0.2) is 0 Å². The molecule has 0 aliphatic carbocycles. The second kappa shape index (κ2) is 32.9. The standard InChI is InChI=1S/C72H59N5.C57H46N4/c1-70(2)55-30-16-20-34-61(55)75(62-35-21-17-31-56(62)70)53-42-44-65-59(46-53)72(5,6)60-47-54(76-63-36-22-18-32-57(63)71(3,4)58-33-19-23-37-64(58)76)43-45-66(60)74(65)51-40-38-48(39-41-51)67-68(49-24-10-7-11-25-49)73-77(52-28-14-9-15-29-52)69(67)50-26-12-8-13-27-50;1-56(2)45-26-14-18-30-50(45)60(51-31-19-15-27-46(51)56)44-36-37-52-48(38-44)57(3,4)47-28-16-17-29-49(47)59(52)42-34-32-39(33-35-42)53-54(40-20-8-5-9-21-40)58-61(43-24-12-7-13-25-43)55(53)41-22-10-6-11-23-41/h7-47H,1-6H3;5-38H,1-4H3. The molecule has 0 unspecified atom stereocenters. The molecule has 0 bridgehead atoms. The Morgan fingerprint density at radius 3 is 0.594 bits per heavy atom. The second-order valence-electron chi connectivity index (χ2n) is 39.7. The molecule has 0 fully saturated rings. The molecular weight excluding hydrogens is 1680 g/mol. The fourth-order valence-electron chi connectivity index (χ4n) is 23.0. The molecule has 25 rings (SSSR count). The van der Waals surface area contributed by atoms with Crippen molar-refractivity contribution in [1.82, 2.24) is 19.6 Å². The van der Waals surface area contributed by atoms with Crippen LogP contribution in [0.25, 0.3) is 78.7 Å². The van der Waals surface area contributed by atoms with E-state index in [4.69, 9.17) is 10.2 Å². The van der Waals surface area contributed by atoms with Crippen molar-refractivity contribution in [1.29, 1.82) is 0 Å². The fraction of sp³-hybridized carbons (Fsp3) is 0.116. The zero-order chi connectivity index (χ0) is 93.5. The lowest BCUT2D eigenvalue weighted by Crippen LogP contribution is -2.33. The van der Waals surface area contributed by atoms with E-state index in [1.807, 2.05) is 0 Å². The number of rotatable bonds is 13. The largest absolute Gasteiger partial charge is 0.310 e. The van der Waals surface area contributed by atoms with Gasteiger partial charge in [0.1, 0.15) is 11.4 Å². The van der Waals surface area contributed by atoms with E-state index in [0.717, 1.165) is 118 Å². The summed E-state index contributed by atoms with van der Waals surface area (Å²) in [5.41, 5.74) is 44.3. The first-order chi connectivity index (χ1) is 67.3. The molecule has 18 aromatic carbocycles. The van der Waals surface area contributed by atoms with Crippen LogP contribution in [0.2, 0.25) is 0 Å². The monoisotopic (exact) mass is 1780 g/mol. The molecule has 0 radical (unpaired) electrons. The summed E-state index contributed by atoms with van der Waals surface area (Å²) in [6, 6.07) is 166. The molecule has 9 heteroatoms. The summed E-state index contributed by atoms with van der Waals surface area (Å²) in [5, 5.41) is 10.8. The molecule has 5 aliphatic heterocycles. The van der Waals surface area contributed by atoms with E-state index in [-0.39, 0.29) is 21.7 Å². The summed E-state index contributed by atoms with van der Waals surface area (Å²) in [6.45, 7) is 23.7. The third kappa shape index (κ3) is 13.5. The molecule has 666 valence electrons. The number of anilines is 15. The Labute approximate surface area is 809 Å². The van der Waals surface area contributed by atoms with Gasteiger partial charge in [-0.1, -0.05) is 379 Å². The Hall–Kier alpha value is -16.6. The van der Waals surface area contributed by atoms with Crippen LogP contribution in [0.1, 0.15) is 125 Å². The lowest BCUT2D eigenvalue weighted by molar-refractivity contribution is 0.626. The van der Waals surface area contributed by atoms with E-state index < -0.39 is 5.41 Å². The van der Waals surface area contributed by atoms with Gasteiger partial charge in [-0.05, 0) is 212 Å². The molecular formula is C129H105N9. The minimum Gasteiger partial charge on any atom is -0.310 e. The first-order valence-electron chi connectivity index (χ1n) is 48.2. The van der Waals surface area contributed by atoms with Crippen molar-refractivity contribution in [2.75, 3.05) is 24.5 Å². The van der Waals surface area contributed by atoms with E-state index in [0.29, 0.717) is 0 Å². The maximum absolute atomic E-state index is 5.46. The molecule has 2 aromatic heterocycles. The summed E-state index contributed by atoms with van der Waals surface area (Å²) in [5.74, 6) is 0. The van der Waals surface area contributed by atoms with Crippen molar-refractivity contribution < 1.29 is 0 Å². The average molecular weight is 1780 g/mol. The third-order valence-corrected chi connectivity index (χ3v) is 30.0. The van der Waals surface area contributed by atoms with Gasteiger partial charge in [0.05, 0.1) is 79.6 Å². The first-order valence-corrected chi connectivity index (χ1v) is 48.2. The summed E-state index contributed by atoms with van der Waals surface area (Å²) in [6.07, 6.45) is 0. The van der Waals surface area contributed by atoms with E-state index in [2.05, 4.69) is 558 Å². The van der Waals surface area contributed by atoms with Gasteiger partial charge in [-0.2, -0.15) is 10.2 Å². The number of nitrogens with zero attached hydrogens (tertiary/aromatic N) is 9. The maximum atomic E-state index is 5.46. The van der Waals surface area contributed by atoms with Crippen molar-refractivity contribution >= 4 is 85.3 Å². The van der Waals surface area contributed by atoms with Gasteiger partial charge in [-0.25, -0.2) is 9.36 Å². The van der Waals surface area contributed by atoms with Gasteiger partial charge < -0.3 is 24.5 Å². The van der Waals surface area contributed by atoms with Crippen LogP contribution in [0.15, 0.2) is 455 Å². The van der Waals surface area contributed by atoms with Gasteiger partial charge >= 0.3 is 0 Å². The Kier molecular flexibility index (Phi) is 20.1. The summed E-state index contributed by atoms with van der Waals surface area (Å²) < 4.78 is 4.23. The van der Waals surface area contributed by atoms with Crippen molar-refractivity contribution in [2.45, 2.75) is 96.3 Å². The summed E-state index contributed by atoms with van der Waals surface area (Å²) in [4.78, 5) is 12.4. The smallest absolute Gasteiger partial charge is 0.101 e. The first kappa shape index (κ1) is 84.4. The van der Waals surface area contributed by atoms with Gasteiger partial charge in [-0.15, -0.1) is 0 Å². The summed E-state index contributed by atoms with van der Waals surface area (Å²) >= 11 is 0. The number of hydrogen-bond donors (Lipinski definition) is 0. The predicted octanol–water partition coefficient (Wildman–Crippen LogP) is 34.3. The van der Waals surface area contributed by atoms with Gasteiger partial charge in [0.2, 0.25) is 0 Å². The Morgan fingerprint density at radius 1 is 0.152 bits per heavy atom. The van der Waals surface area contributed by atoms with Crippen molar-refractivity contribution in [2.24, 2.45) is 0 Å². The molecule has 7 heterocycles. The third-order valence-electron chi connectivity index (χ3n) is 30.0. The van der Waals surface area contributed by atoms with Crippen LogP contribution in [-0.4, -0.2) is 19.6 Å².